The summed E-state index contributed by atoms with van der Waals surface area (Å²) in [6.45, 7) is 5.96. The molecule has 5 atom stereocenters. The third-order valence-corrected chi connectivity index (χ3v) is 5.59. The van der Waals surface area contributed by atoms with E-state index in [0.717, 1.165) is 25.1 Å². The van der Waals surface area contributed by atoms with Crippen LogP contribution in [0, 0.1) is 11.8 Å². The Morgan fingerprint density at radius 3 is 2.70 bits per heavy atom. The first kappa shape index (κ1) is 16.4. The second-order valence-electron chi connectivity index (χ2n) is 6.94. The van der Waals surface area contributed by atoms with Crippen molar-refractivity contribution in [3.05, 3.63) is 11.3 Å². The molecule has 0 aliphatic carbocycles. The maximum absolute atomic E-state index is 12.3. The molecule has 7 nitrogen and oxygen atoms in total. The zero-order chi connectivity index (χ0) is 16.9. The van der Waals surface area contributed by atoms with Gasteiger partial charge in [0.25, 0.3) is 0 Å². The predicted molar refractivity (Wildman–Crippen MR) is 83.5 cm³/mol. The quantitative estimate of drug-likeness (QED) is 0.590. The van der Waals surface area contributed by atoms with Crippen molar-refractivity contribution in [2.24, 2.45) is 11.8 Å². The molecule has 1 amide bonds. The molecule has 0 radical (unpaired) electrons. The zero-order valence-corrected chi connectivity index (χ0v) is 13.8. The molecular formula is C16H25N3O4. The number of amides is 1. The number of β-lactam (4-membered cyclic amide) rings is 1. The average Bonchev–Trinajstić information content (AvgIpc) is 3.02. The molecule has 0 aromatic rings. The number of hydrogen-bond donors (Lipinski definition) is 3. The number of carboxylic acid groups (broad SMARTS) is 1. The molecule has 3 N–H and O–H groups in total. The Hall–Kier alpha value is -1.44. The summed E-state index contributed by atoms with van der Waals surface area (Å²) in [6.07, 6.45) is 0.296. The van der Waals surface area contributed by atoms with E-state index in [1.54, 1.807) is 6.92 Å². The summed E-state index contributed by atoms with van der Waals surface area (Å²) in [7, 11) is 1.94. The van der Waals surface area contributed by atoms with E-state index >= 15 is 0 Å². The molecular weight excluding hydrogens is 298 g/mol. The topological polar surface area (TPSA) is 93.1 Å². The van der Waals surface area contributed by atoms with Crippen LogP contribution in [0.3, 0.4) is 0 Å². The van der Waals surface area contributed by atoms with Crippen molar-refractivity contribution in [3.63, 3.8) is 0 Å². The lowest BCUT2D eigenvalue weighted by Gasteiger charge is -2.46. The lowest BCUT2D eigenvalue weighted by molar-refractivity contribution is -0.163. The first-order valence-electron chi connectivity index (χ1n) is 8.23. The molecule has 0 saturated carbocycles. The first-order chi connectivity index (χ1) is 10.9. The molecule has 3 aliphatic heterocycles. The number of nitrogens with one attached hydrogen (secondary N) is 1. The fourth-order valence-corrected chi connectivity index (χ4v) is 4.31. The highest BCUT2D eigenvalue weighted by Gasteiger charge is 2.59. The number of aliphatic carboxylic acids is 1. The van der Waals surface area contributed by atoms with Gasteiger partial charge in [0.2, 0.25) is 5.91 Å². The van der Waals surface area contributed by atoms with Crippen molar-refractivity contribution in [1.82, 2.24) is 15.1 Å². The van der Waals surface area contributed by atoms with Gasteiger partial charge >= 0.3 is 5.97 Å². The van der Waals surface area contributed by atoms with Crippen molar-refractivity contribution in [2.45, 2.75) is 38.5 Å². The molecule has 7 heteroatoms. The third kappa shape index (κ3) is 2.47. The molecule has 0 aromatic carbocycles. The Bertz CT molecular complexity index is 560. The van der Waals surface area contributed by atoms with Crippen molar-refractivity contribution in [1.29, 1.82) is 0 Å². The molecule has 3 aliphatic rings. The maximum atomic E-state index is 12.3. The Labute approximate surface area is 135 Å². The smallest absolute Gasteiger partial charge is 0.352 e. The second-order valence-corrected chi connectivity index (χ2v) is 6.94. The van der Waals surface area contributed by atoms with Crippen LogP contribution < -0.4 is 5.32 Å². The number of carbonyl (C=O) groups excluding carboxylic acids is 1. The number of hydrogen-bond acceptors (Lipinski definition) is 5. The van der Waals surface area contributed by atoms with Crippen molar-refractivity contribution < 1.29 is 19.8 Å². The van der Waals surface area contributed by atoms with Crippen LogP contribution in [0.25, 0.3) is 0 Å². The number of carboxylic acids is 1. The summed E-state index contributed by atoms with van der Waals surface area (Å²) in [4.78, 5) is 27.6. The van der Waals surface area contributed by atoms with Gasteiger partial charge in [-0.25, -0.2) is 4.79 Å². The highest BCUT2D eigenvalue weighted by atomic mass is 16.4. The number of nitrogens with zero attached hydrogens (tertiary/aromatic N) is 2. The molecule has 0 spiro atoms. The van der Waals surface area contributed by atoms with Gasteiger partial charge in [-0.15, -0.1) is 0 Å². The van der Waals surface area contributed by atoms with E-state index in [0.29, 0.717) is 12.6 Å². The highest BCUT2D eigenvalue weighted by Crippen LogP contribution is 2.47. The molecule has 0 aromatic heterocycles. The zero-order valence-electron chi connectivity index (χ0n) is 13.8. The Balaban J connectivity index is 1.83. The number of aliphatic hydroxyl groups is 1. The summed E-state index contributed by atoms with van der Waals surface area (Å²) < 4.78 is 0. The number of carbonyl (C=O) groups is 2. The molecule has 5 unspecified atom stereocenters. The Kier molecular flexibility index (Phi) is 4.20. The van der Waals surface area contributed by atoms with Gasteiger partial charge in [0, 0.05) is 31.6 Å². The first-order valence-corrected chi connectivity index (χ1v) is 8.23. The summed E-state index contributed by atoms with van der Waals surface area (Å²) in [6, 6.07) is 0.218. The van der Waals surface area contributed by atoms with Crippen molar-refractivity contribution in [2.75, 3.05) is 26.7 Å². The van der Waals surface area contributed by atoms with Crippen LogP contribution in [-0.4, -0.2) is 76.8 Å². The van der Waals surface area contributed by atoms with Gasteiger partial charge in [0.1, 0.15) is 5.70 Å². The molecule has 23 heavy (non-hydrogen) atoms. The van der Waals surface area contributed by atoms with E-state index < -0.39 is 18.0 Å². The van der Waals surface area contributed by atoms with Crippen LogP contribution in [-0.2, 0) is 9.59 Å². The van der Waals surface area contributed by atoms with Crippen LogP contribution >= 0.6 is 0 Å². The average molecular weight is 323 g/mol. The van der Waals surface area contributed by atoms with Gasteiger partial charge in [-0.1, -0.05) is 6.92 Å². The minimum Gasteiger partial charge on any atom is -0.477 e. The van der Waals surface area contributed by atoms with Crippen LogP contribution in [0.15, 0.2) is 11.3 Å². The Morgan fingerprint density at radius 1 is 1.48 bits per heavy atom. The summed E-state index contributed by atoms with van der Waals surface area (Å²) in [5, 5.41) is 22.7. The van der Waals surface area contributed by atoms with Gasteiger partial charge in [0.15, 0.2) is 0 Å². The fraction of sp³-hybridized carbons (Fsp3) is 0.750. The number of fused-ring (bicyclic) bond motifs is 1. The van der Waals surface area contributed by atoms with Crippen LogP contribution in [0.1, 0.15) is 20.3 Å². The maximum Gasteiger partial charge on any atom is 0.352 e. The van der Waals surface area contributed by atoms with E-state index in [1.165, 1.54) is 4.90 Å². The van der Waals surface area contributed by atoms with Gasteiger partial charge in [-0.05, 0) is 26.0 Å². The third-order valence-electron chi connectivity index (χ3n) is 5.59. The predicted octanol–water partition coefficient (Wildman–Crippen LogP) is -0.524. The van der Waals surface area contributed by atoms with Gasteiger partial charge < -0.3 is 20.4 Å². The lowest BCUT2D eigenvalue weighted by atomic mass is 9.77. The van der Waals surface area contributed by atoms with Crippen molar-refractivity contribution >= 4 is 11.9 Å². The summed E-state index contributed by atoms with van der Waals surface area (Å²) >= 11 is 0. The monoisotopic (exact) mass is 323 g/mol. The molecule has 0 bridgehead atoms. The molecule has 2 fully saturated rings. The standard InChI is InChI=1S/C16H25N3O4/c1-8-11(7-18-5-4-10(6-18)17-3)14(16(22)23)19-13(8)12(9(2)20)15(19)21/h8-10,12-13,17,20H,4-7H2,1-3H3,(H,22,23). The van der Waals surface area contributed by atoms with Crippen LogP contribution in [0.5, 0.6) is 0 Å². The van der Waals surface area contributed by atoms with Crippen molar-refractivity contribution in [3.8, 4) is 0 Å². The van der Waals surface area contributed by atoms with E-state index in [4.69, 9.17) is 0 Å². The van der Waals surface area contributed by atoms with Crippen LogP contribution in [0.2, 0.25) is 0 Å². The van der Waals surface area contributed by atoms with Gasteiger partial charge in [-0.2, -0.15) is 0 Å². The SMILES string of the molecule is CNC1CCN(CC2=C(C(=O)O)N3C(=O)C(C(C)O)C3C2C)C1. The van der Waals surface area contributed by atoms with E-state index in [1.807, 2.05) is 14.0 Å². The lowest BCUT2D eigenvalue weighted by Crippen LogP contribution is -2.63. The number of rotatable bonds is 5. The fourth-order valence-electron chi connectivity index (χ4n) is 4.31. The summed E-state index contributed by atoms with van der Waals surface area (Å²) in [5.41, 5.74) is 0.952. The van der Waals surface area contributed by atoms with Gasteiger partial charge in [-0.3, -0.25) is 9.69 Å². The van der Waals surface area contributed by atoms with Gasteiger partial charge in [0.05, 0.1) is 18.1 Å². The van der Waals surface area contributed by atoms with E-state index in [2.05, 4.69) is 10.2 Å². The second kappa shape index (κ2) is 5.89. The molecule has 128 valence electrons. The molecule has 3 heterocycles. The number of likely N-dealkylation sites (N-methyl/N-ethyl adjacent to an activating group) is 1. The highest BCUT2D eigenvalue weighted by molar-refractivity contribution is 6.00. The number of likely N-dealkylation sites (tertiary alicyclic amines) is 1. The minimum absolute atomic E-state index is 0.0352. The largest absolute Gasteiger partial charge is 0.477 e. The minimum atomic E-state index is -1.05. The Morgan fingerprint density at radius 2 is 2.17 bits per heavy atom. The van der Waals surface area contributed by atoms with E-state index in [9.17, 15) is 19.8 Å². The van der Waals surface area contributed by atoms with Crippen LogP contribution in [0.4, 0.5) is 0 Å². The number of aliphatic hydroxyl groups excluding tert-OH is 1. The molecule has 2 saturated heterocycles. The summed E-state index contributed by atoms with van der Waals surface area (Å²) in [5.74, 6) is -1.83. The molecule has 3 rings (SSSR count). The normalized spacial score (nSPS) is 35.5. The van der Waals surface area contributed by atoms with E-state index in [-0.39, 0.29) is 23.6 Å².